The molecule has 1 aliphatic carbocycles. The van der Waals surface area contributed by atoms with Crippen molar-refractivity contribution in [1.29, 1.82) is 0 Å². The van der Waals surface area contributed by atoms with E-state index in [2.05, 4.69) is 32.5 Å². The number of benzene rings is 1. The molecule has 38 heavy (non-hydrogen) atoms. The maximum Gasteiger partial charge on any atom is 0.251 e. The van der Waals surface area contributed by atoms with E-state index in [1.165, 1.54) is 12.8 Å². The summed E-state index contributed by atoms with van der Waals surface area (Å²) in [6.07, 6.45) is 8.22. The molecule has 1 atom stereocenters. The molecule has 2 aliphatic heterocycles. The summed E-state index contributed by atoms with van der Waals surface area (Å²) in [4.78, 5) is 41.5. The number of rotatable bonds is 6. The second-order valence-corrected chi connectivity index (χ2v) is 10.9. The molecule has 0 bridgehead atoms. The molecule has 1 aromatic heterocycles. The van der Waals surface area contributed by atoms with Gasteiger partial charge in [-0.3, -0.25) is 9.59 Å². The van der Waals surface area contributed by atoms with Crippen molar-refractivity contribution < 1.29 is 14.3 Å². The zero-order valence-corrected chi connectivity index (χ0v) is 22.9. The summed E-state index contributed by atoms with van der Waals surface area (Å²) in [7, 11) is 5.48. The maximum absolute atomic E-state index is 12.9. The van der Waals surface area contributed by atoms with Crippen LogP contribution in [0.2, 0.25) is 0 Å². The SMILES string of the molecule is COc1cc(C(=O)NC2CCN(C)CC2)ccc1Nc1ncc2c(n1)N(C1CCCC1)C[C@@H](C)C(=O)N2C. The molecule has 5 rings (SSSR count). The Kier molecular flexibility index (Phi) is 7.69. The summed E-state index contributed by atoms with van der Waals surface area (Å²) in [5, 5.41) is 6.44. The second kappa shape index (κ2) is 11.1. The maximum atomic E-state index is 12.9. The van der Waals surface area contributed by atoms with Crippen molar-refractivity contribution in [2.24, 2.45) is 5.92 Å². The van der Waals surface area contributed by atoms with Crippen molar-refractivity contribution >= 4 is 35.0 Å². The fourth-order valence-corrected chi connectivity index (χ4v) is 5.80. The van der Waals surface area contributed by atoms with Crippen LogP contribution in [-0.2, 0) is 4.79 Å². The molecule has 1 saturated heterocycles. The Morgan fingerprint density at radius 1 is 1.11 bits per heavy atom. The summed E-state index contributed by atoms with van der Waals surface area (Å²) in [5.41, 5.74) is 1.95. The lowest BCUT2D eigenvalue weighted by Gasteiger charge is -2.31. The molecular formula is C28H39N7O3. The van der Waals surface area contributed by atoms with Crippen molar-refractivity contribution in [3.05, 3.63) is 30.0 Å². The Bertz CT molecular complexity index is 1180. The smallest absolute Gasteiger partial charge is 0.251 e. The average molecular weight is 522 g/mol. The van der Waals surface area contributed by atoms with Crippen LogP contribution < -0.4 is 25.2 Å². The number of nitrogens with zero attached hydrogens (tertiary/aromatic N) is 5. The predicted octanol–water partition coefficient (Wildman–Crippen LogP) is 3.41. The molecule has 2 N–H and O–H groups in total. The van der Waals surface area contributed by atoms with Gasteiger partial charge in [-0.1, -0.05) is 19.8 Å². The number of methoxy groups -OCH3 is 1. The van der Waals surface area contributed by atoms with Crippen LogP contribution in [0.1, 0.15) is 55.8 Å². The number of carbonyl (C=O) groups is 2. The third-order valence-corrected chi connectivity index (χ3v) is 8.14. The van der Waals surface area contributed by atoms with Crippen molar-refractivity contribution in [2.45, 2.75) is 57.5 Å². The van der Waals surface area contributed by atoms with Crippen molar-refractivity contribution in [3.8, 4) is 5.75 Å². The van der Waals surface area contributed by atoms with Crippen LogP contribution in [0.5, 0.6) is 5.75 Å². The van der Waals surface area contributed by atoms with Gasteiger partial charge in [-0.05, 0) is 64.0 Å². The molecule has 0 spiro atoms. The molecule has 2 fully saturated rings. The molecule has 0 unspecified atom stereocenters. The summed E-state index contributed by atoms with van der Waals surface area (Å²) >= 11 is 0. The van der Waals surface area contributed by atoms with Crippen LogP contribution in [-0.4, -0.2) is 79.6 Å². The van der Waals surface area contributed by atoms with E-state index in [-0.39, 0.29) is 23.8 Å². The Labute approximate surface area is 224 Å². The van der Waals surface area contributed by atoms with Crippen LogP contribution >= 0.6 is 0 Å². The minimum atomic E-state index is -0.125. The Morgan fingerprint density at radius 2 is 1.84 bits per heavy atom. The number of ether oxygens (including phenoxy) is 1. The first-order valence-corrected chi connectivity index (χ1v) is 13.7. The van der Waals surface area contributed by atoms with Crippen molar-refractivity contribution in [1.82, 2.24) is 20.2 Å². The fraction of sp³-hybridized carbons (Fsp3) is 0.571. The highest BCUT2D eigenvalue weighted by Gasteiger charge is 2.35. The van der Waals surface area contributed by atoms with E-state index < -0.39 is 0 Å². The van der Waals surface area contributed by atoms with Gasteiger partial charge in [0.15, 0.2) is 5.82 Å². The van der Waals surface area contributed by atoms with Gasteiger partial charge in [0.2, 0.25) is 11.9 Å². The highest BCUT2D eigenvalue weighted by molar-refractivity contribution is 5.99. The summed E-state index contributed by atoms with van der Waals surface area (Å²) in [6, 6.07) is 5.91. The normalized spacial score (nSPS) is 21.3. The zero-order chi connectivity index (χ0) is 26.8. The lowest BCUT2D eigenvalue weighted by molar-refractivity contribution is -0.121. The molecule has 1 aromatic carbocycles. The predicted molar refractivity (Wildman–Crippen MR) is 148 cm³/mol. The lowest BCUT2D eigenvalue weighted by atomic mass is 10.0. The number of fused-ring (bicyclic) bond motifs is 1. The monoisotopic (exact) mass is 521 g/mol. The second-order valence-electron chi connectivity index (χ2n) is 10.9. The molecule has 10 heteroatoms. The first kappa shape index (κ1) is 26.2. The Hall–Kier alpha value is -3.40. The Balaban J connectivity index is 1.37. The number of nitrogens with one attached hydrogen (secondary N) is 2. The quantitative estimate of drug-likeness (QED) is 0.596. The van der Waals surface area contributed by atoms with E-state index in [0.717, 1.165) is 50.3 Å². The van der Waals surface area contributed by atoms with E-state index in [1.807, 2.05) is 13.0 Å². The molecule has 0 radical (unpaired) electrons. The minimum absolute atomic E-state index is 0.0758. The molecule has 204 valence electrons. The average Bonchev–Trinajstić information content (AvgIpc) is 3.44. The molecule has 2 amide bonds. The minimum Gasteiger partial charge on any atom is -0.495 e. The largest absolute Gasteiger partial charge is 0.495 e. The van der Waals surface area contributed by atoms with Crippen LogP contribution in [0.3, 0.4) is 0 Å². The zero-order valence-electron chi connectivity index (χ0n) is 22.9. The third-order valence-electron chi connectivity index (χ3n) is 8.14. The van der Waals surface area contributed by atoms with Crippen molar-refractivity contribution in [3.63, 3.8) is 0 Å². The number of hydrogen-bond acceptors (Lipinski definition) is 8. The van der Waals surface area contributed by atoms with Gasteiger partial charge in [-0.25, -0.2) is 4.98 Å². The summed E-state index contributed by atoms with van der Waals surface area (Å²) in [6.45, 7) is 4.59. The standard InChI is InChI=1S/C28H39N7O3/c1-18-17-35(21-7-5-6-8-21)25-23(34(3)27(18)37)16-29-28(32-25)31-22-10-9-19(15-24(22)38-4)26(36)30-20-11-13-33(2)14-12-20/h9-10,15-16,18,20-21H,5-8,11-14,17H2,1-4H3,(H,30,36)(H,29,31,32)/t18-/m1/s1. The topological polar surface area (TPSA) is 103 Å². The molecule has 2 aromatic rings. The van der Waals surface area contributed by atoms with E-state index in [0.29, 0.717) is 35.5 Å². The van der Waals surface area contributed by atoms with Gasteiger partial charge in [-0.15, -0.1) is 0 Å². The highest BCUT2D eigenvalue weighted by atomic mass is 16.5. The van der Waals surface area contributed by atoms with E-state index in [4.69, 9.17) is 9.72 Å². The van der Waals surface area contributed by atoms with E-state index in [1.54, 1.807) is 37.4 Å². The lowest BCUT2D eigenvalue weighted by Crippen LogP contribution is -2.43. The van der Waals surface area contributed by atoms with Crippen LogP contribution in [0, 0.1) is 5.92 Å². The highest BCUT2D eigenvalue weighted by Crippen LogP contribution is 2.38. The number of hydrogen-bond donors (Lipinski definition) is 2. The number of anilines is 4. The Morgan fingerprint density at radius 3 is 2.55 bits per heavy atom. The molecule has 1 saturated carbocycles. The van der Waals surface area contributed by atoms with Gasteiger partial charge in [0, 0.05) is 31.2 Å². The number of likely N-dealkylation sites (tertiary alicyclic amines) is 1. The molecule has 3 heterocycles. The van der Waals surface area contributed by atoms with E-state index in [9.17, 15) is 9.59 Å². The van der Waals surface area contributed by atoms with Crippen LogP contribution in [0.15, 0.2) is 24.4 Å². The van der Waals surface area contributed by atoms with Gasteiger partial charge in [0.1, 0.15) is 11.4 Å². The summed E-state index contributed by atoms with van der Waals surface area (Å²) in [5.74, 6) is 1.59. The molecule has 3 aliphatic rings. The van der Waals surface area contributed by atoms with Gasteiger partial charge < -0.3 is 30.1 Å². The van der Waals surface area contributed by atoms with Gasteiger partial charge >= 0.3 is 0 Å². The first-order chi connectivity index (χ1) is 18.3. The van der Waals surface area contributed by atoms with Crippen LogP contribution in [0.4, 0.5) is 23.1 Å². The van der Waals surface area contributed by atoms with Gasteiger partial charge in [-0.2, -0.15) is 4.98 Å². The van der Waals surface area contributed by atoms with Crippen LogP contribution in [0.25, 0.3) is 0 Å². The number of carbonyl (C=O) groups excluding carboxylic acids is 2. The fourth-order valence-electron chi connectivity index (χ4n) is 5.80. The number of piperidine rings is 1. The van der Waals surface area contributed by atoms with E-state index >= 15 is 0 Å². The van der Waals surface area contributed by atoms with Crippen molar-refractivity contribution in [2.75, 3.05) is 56.0 Å². The number of aromatic nitrogens is 2. The van der Waals surface area contributed by atoms with Gasteiger partial charge in [0.05, 0.1) is 24.9 Å². The summed E-state index contributed by atoms with van der Waals surface area (Å²) < 4.78 is 5.62. The molecule has 10 nitrogen and oxygen atoms in total. The molecular weight excluding hydrogens is 482 g/mol. The first-order valence-electron chi connectivity index (χ1n) is 13.7. The van der Waals surface area contributed by atoms with Gasteiger partial charge in [0.25, 0.3) is 5.91 Å². The number of amides is 2. The third kappa shape index (κ3) is 5.41.